The van der Waals surface area contributed by atoms with Crippen molar-refractivity contribution in [2.45, 2.75) is 4.90 Å². The predicted molar refractivity (Wildman–Crippen MR) is 111 cm³/mol. The summed E-state index contributed by atoms with van der Waals surface area (Å²) in [5, 5.41) is 1.93. The van der Waals surface area contributed by atoms with E-state index in [1.807, 2.05) is 24.3 Å². The second-order valence-corrected chi connectivity index (χ2v) is 8.26. The van der Waals surface area contributed by atoms with Crippen molar-refractivity contribution in [1.82, 2.24) is 0 Å². The van der Waals surface area contributed by atoms with Crippen LogP contribution in [0.4, 0.5) is 5.69 Å². The van der Waals surface area contributed by atoms with Gasteiger partial charge in [0, 0.05) is 0 Å². The van der Waals surface area contributed by atoms with Crippen molar-refractivity contribution in [1.29, 1.82) is 0 Å². The highest BCUT2D eigenvalue weighted by Gasteiger charge is 2.25. The molecule has 28 heavy (non-hydrogen) atoms. The molecule has 7 heteroatoms. The van der Waals surface area contributed by atoms with Gasteiger partial charge in [0.25, 0.3) is 10.0 Å². The van der Waals surface area contributed by atoms with Gasteiger partial charge in [-0.3, -0.25) is 4.31 Å². The number of sulfonamides is 1. The summed E-state index contributed by atoms with van der Waals surface area (Å²) in [7, 11) is -2.67. The zero-order valence-electron chi connectivity index (χ0n) is 15.1. The summed E-state index contributed by atoms with van der Waals surface area (Å²) in [5.41, 5.74) is 0.377. The molecule has 3 aromatic rings. The molecule has 0 unspecified atom stereocenters. The molecule has 0 amide bonds. The number of anilines is 1. The molecule has 0 spiro atoms. The van der Waals surface area contributed by atoms with Crippen molar-refractivity contribution in [2.24, 2.45) is 0 Å². The van der Waals surface area contributed by atoms with Gasteiger partial charge in [-0.25, -0.2) is 13.2 Å². The number of halogens is 1. The zero-order valence-corrected chi connectivity index (χ0v) is 16.7. The monoisotopic (exact) mass is 415 g/mol. The first-order chi connectivity index (χ1) is 13.4. The van der Waals surface area contributed by atoms with Gasteiger partial charge < -0.3 is 4.74 Å². The van der Waals surface area contributed by atoms with E-state index in [9.17, 15) is 13.2 Å². The van der Waals surface area contributed by atoms with E-state index in [0.717, 1.165) is 10.8 Å². The van der Waals surface area contributed by atoms with Gasteiger partial charge in [0.1, 0.15) is 0 Å². The summed E-state index contributed by atoms with van der Waals surface area (Å²) in [6.07, 6.45) is 1.48. The molecule has 0 radical (unpaired) electrons. The standard InChI is InChI=1S/C21H18ClNO4S/c1-3-12-23(17-9-11-20(22)19(14-17)21(24)27-2)28(25,26)18-10-8-15-6-4-5-7-16(15)13-18/h3-11,13-14H,1,12H2,2H3. The number of benzene rings is 3. The summed E-state index contributed by atoms with van der Waals surface area (Å²) >= 11 is 6.06. The van der Waals surface area contributed by atoms with Gasteiger partial charge in [-0.15, -0.1) is 6.58 Å². The van der Waals surface area contributed by atoms with E-state index < -0.39 is 16.0 Å². The Bertz CT molecular complexity index is 1160. The fourth-order valence-corrected chi connectivity index (χ4v) is 4.51. The quantitative estimate of drug-likeness (QED) is 0.434. The van der Waals surface area contributed by atoms with Crippen LogP contribution in [0.5, 0.6) is 0 Å². The first kappa shape index (κ1) is 19.9. The number of esters is 1. The molecule has 0 N–H and O–H groups in total. The van der Waals surface area contributed by atoms with Crippen LogP contribution >= 0.6 is 11.6 Å². The summed E-state index contributed by atoms with van der Waals surface area (Å²) < 4.78 is 32.6. The first-order valence-electron chi connectivity index (χ1n) is 8.39. The number of carbonyl (C=O) groups excluding carboxylic acids is 1. The molecule has 3 aromatic carbocycles. The Labute approximate surface area is 168 Å². The van der Waals surface area contributed by atoms with Gasteiger partial charge >= 0.3 is 5.97 Å². The van der Waals surface area contributed by atoms with Crippen LogP contribution in [0.2, 0.25) is 5.02 Å². The number of ether oxygens (including phenoxy) is 1. The molecule has 0 atom stereocenters. The van der Waals surface area contributed by atoms with Crippen molar-refractivity contribution < 1.29 is 17.9 Å². The van der Waals surface area contributed by atoms with Crippen LogP contribution in [0.15, 0.2) is 78.2 Å². The molecular formula is C21H18ClNO4S. The van der Waals surface area contributed by atoms with Crippen molar-refractivity contribution >= 4 is 44.1 Å². The average molecular weight is 416 g/mol. The fourth-order valence-electron chi connectivity index (χ4n) is 2.85. The van der Waals surface area contributed by atoms with Gasteiger partial charge in [0.05, 0.1) is 34.8 Å². The largest absolute Gasteiger partial charge is 0.465 e. The summed E-state index contributed by atoms with van der Waals surface area (Å²) in [5.74, 6) is -0.645. The van der Waals surface area contributed by atoms with Crippen molar-refractivity contribution in [3.05, 3.63) is 83.9 Å². The highest BCUT2D eigenvalue weighted by molar-refractivity contribution is 7.92. The second kappa shape index (κ2) is 8.04. The minimum absolute atomic E-state index is 0.0252. The summed E-state index contributed by atoms with van der Waals surface area (Å²) in [6, 6.07) is 16.9. The highest BCUT2D eigenvalue weighted by atomic mass is 35.5. The van der Waals surface area contributed by atoms with Crippen molar-refractivity contribution in [3.63, 3.8) is 0 Å². The van der Waals surface area contributed by atoms with E-state index >= 15 is 0 Å². The highest BCUT2D eigenvalue weighted by Crippen LogP contribution is 2.29. The lowest BCUT2D eigenvalue weighted by atomic mass is 10.1. The predicted octanol–water partition coefficient (Wildman–Crippen LogP) is 4.66. The molecule has 0 aliphatic carbocycles. The van der Waals surface area contributed by atoms with E-state index in [2.05, 4.69) is 6.58 Å². The summed E-state index contributed by atoms with van der Waals surface area (Å²) in [4.78, 5) is 12.1. The maximum absolute atomic E-state index is 13.3. The molecule has 0 saturated carbocycles. The van der Waals surface area contributed by atoms with Crippen LogP contribution in [0.3, 0.4) is 0 Å². The molecule has 0 saturated heterocycles. The molecule has 0 heterocycles. The number of hydrogen-bond donors (Lipinski definition) is 0. The normalized spacial score (nSPS) is 11.2. The molecule has 3 rings (SSSR count). The Kier molecular flexibility index (Phi) is 5.72. The minimum atomic E-state index is -3.90. The molecule has 0 aromatic heterocycles. The summed E-state index contributed by atoms with van der Waals surface area (Å²) in [6.45, 7) is 3.68. The molecule has 0 aliphatic rings. The van der Waals surface area contributed by atoms with E-state index in [1.165, 1.54) is 35.7 Å². The van der Waals surface area contributed by atoms with Crippen molar-refractivity contribution in [2.75, 3.05) is 18.0 Å². The number of nitrogens with zero attached hydrogens (tertiary/aromatic N) is 1. The lowest BCUT2D eigenvalue weighted by Gasteiger charge is -2.24. The molecule has 5 nitrogen and oxygen atoms in total. The van der Waals surface area contributed by atoms with Crippen LogP contribution in [0.25, 0.3) is 10.8 Å². The van der Waals surface area contributed by atoms with Crippen LogP contribution in [0, 0.1) is 0 Å². The topological polar surface area (TPSA) is 63.7 Å². The Morgan fingerprint density at radius 1 is 1.11 bits per heavy atom. The van der Waals surface area contributed by atoms with E-state index in [-0.39, 0.29) is 27.7 Å². The third-order valence-electron chi connectivity index (χ3n) is 4.25. The van der Waals surface area contributed by atoms with Gasteiger partial charge in [-0.1, -0.05) is 48.0 Å². The first-order valence-corrected chi connectivity index (χ1v) is 10.2. The van der Waals surface area contributed by atoms with Crippen LogP contribution in [-0.2, 0) is 14.8 Å². The van der Waals surface area contributed by atoms with Gasteiger partial charge in [0.2, 0.25) is 0 Å². The maximum atomic E-state index is 13.3. The van der Waals surface area contributed by atoms with Crippen LogP contribution in [0.1, 0.15) is 10.4 Å². The SMILES string of the molecule is C=CCN(c1ccc(Cl)c(C(=O)OC)c1)S(=O)(=O)c1ccc2ccccc2c1. The number of fused-ring (bicyclic) bond motifs is 1. The average Bonchev–Trinajstić information content (AvgIpc) is 2.71. The number of hydrogen-bond acceptors (Lipinski definition) is 4. The number of carbonyl (C=O) groups is 1. The Hall–Kier alpha value is -2.83. The van der Waals surface area contributed by atoms with Crippen LogP contribution in [-0.4, -0.2) is 28.0 Å². The van der Waals surface area contributed by atoms with E-state index in [1.54, 1.807) is 18.2 Å². The maximum Gasteiger partial charge on any atom is 0.339 e. The number of methoxy groups -OCH3 is 1. The third-order valence-corrected chi connectivity index (χ3v) is 6.37. The van der Waals surface area contributed by atoms with E-state index in [4.69, 9.17) is 16.3 Å². The van der Waals surface area contributed by atoms with E-state index in [0.29, 0.717) is 0 Å². The molecule has 0 bridgehead atoms. The Morgan fingerprint density at radius 3 is 2.50 bits per heavy atom. The second-order valence-electron chi connectivity index (χ2n) is 5.99. The Balaban J connectivity index is 2.12. The third kappa shape index (κ3) is 3.74. The Morgan fingerprint density at radius 2 is 1.82 bits per heavy atom. The lowest BCUT2D eigenvalue weighted by Crippen LogP contribution is -2.31. The van der Waals surface area contributed by atoms with Gasteiger partial charge in [-0.2, -0.15) is 0 Å². The minimum Gasteiger partial charge on any atom is -0.465 e. The molecule has 0 fully saturated rings. The van der Waals surface area contributed by atoms with Crippen LogP contribution < -0.4 is 4.31 Å². The number of rotatable bonds is 6. The van der Waals surface area contributed by atoms with Gasteiger partial charge in [0.15, 0.2) is 0 Å². The van der Waals surface area contributed by atoms with Gasteiger partial charge in [-0.05, 0) is 41.1 Å². The fraction of sp³-hybridized carbons (Fsp3) is 0.0952. The zero-order chi connectivity index (χ0) is 20.3. The lowest BCUT2D eigenvalue weighted by molar-refractivity contribution is 0.0601. The molecule has 0 aliphatic heterocycles. The van der Waals surface area contributed by atoms with Crippen molar-refractivity contribution in [3.8, 4) is 0 Å². The molecular weight excluding hydrogens is 398 g/mol. The molecule has 144 valence electrons. The smallest absolute Gasteiger partial charge is 0.339 e.